The average Bonchev–Trinajstić information content (AvgIpc) is 2.38. The van der Waals surface area contributed by atoms with Crippen molar-refractivity contribution in [2.24, 2.45) is 0 Å². The fourth-order valence-corrected chi connectivity index (χ4v) is 2.22. The van der Waals surface area contributed by atoms with Crippen molar-refractivity contribution >= 4 is 27.5 Å². The zero-order chi connectivity index (χ0) is 13.0. The van der Waals surface area contributed by atoms with Gasteiger partial charge in [0.05, 0.1) is 6.61 Å². The summed E-state index contributed by atoms with van der Waals surface area (Å²) in [5.41, 5.74) is 1.80. The van der Waals surface area contributed by atoms with E-state index in [1.807, 2.05) is 42.5 Å². The minimum absolute atomic E-state index is 0.0405. The van der Waals surface area contributed by atoms with Crippen LogP contribution in [0.15, 0.2) is 46.9 Å². The van der Waals surface area contributed by atoms with Crippen LogP contribution in [0.5, 0.6) is 5.75 Å². The summed E-state index contributed by atoms with van der Waals surface area (Å²) in [4.78, 5) is 0. The Morgan fingerprint density at radius 2 is 1.83 bits per heavy atom. The molecule has 0 radical (unpaired) electrons. The quantitative estimate of drug-likeness (QED) is 0.913. The molecular weight excluding hydrogens is 316 g/mol. The highest BCUT2D eigenvalue weighted by Crippen LogP contribution is 2.23. The second-order valence-corrected chi connectivity index (χ2v) is 5.15. The molecule has 2 aromatic carbocycles. The lowest BCUT2D eigenvalue weighted by atomic mass is 10.2. The van der Waals surface area contributed by atoms with Gasteiger partial charge in [0.2, 0.25) is 0 Å². The van der Waals surface area contributed by atoms with Crippen LogP contribution in [-0.2, 0) is 13.2 Å². The first-order valence-corrected chi connectivity index (χ1v) is 6.62. The fourth-order valence-electron chi connectivity index (χ4n) is 1.49. The number of rotatable bonds is 4. The molecule has 0 bridgehead atoms. The zero-order valence-corrected chi connectivity index (χ0v) is 11.9. The Labute approximate surface area is 119 Å². The normalized spacial score (nSPS) is 10.4. The van der Waals surface area contributed by atoms with Gasteiger partial charge >= 0.3 is 0 Å². The van der Waals surface area contributed by atoms with Crippen LogP contribution < -0.4 is 4.74 Å². The van der Waals surface area contributed by atoms with Crippen LogP contribution in [0, 0.1) is 0 Å². The summed E-state index contributed by atoms with van der Waals surface area (Å²) in [6.07, 6.45) is 0. The molecule has 2 rings (SSSR count). The van der Waals surface area contributed by atoms with Crippen LogP contribution in [0.2, 0.25) is 5.02 Å². The highest BCUT2D eigenvalue weighted by atomic mass is 79.9. The molecule has 0 aliphatic carbocycles. The van der Waals surface area contributed by atoms with E-state index in [-0.39, 0.29) is 6.61 Å². The third kappa shape index (κ3) is 3.48. The molecule has 2 nitrogen and oxygen atoms in total. The van der Waals surface area contributed by atoms with E-state index >= 15 is 0 Å². The molecule has 0 heterocycles. The van der Waals surface area contributed by atoms with Crippen molar-refractivity contribution < 1.29 is 9.84 Å². The van der Waals surface area contributed by atoms with Gasteiger partial charge in [-0.15, -0.1) is 0 Å². The van der Waals surface area contributed by atoms with E-state index in [0.29, 0.717) is 11.6 Å². The van der Waals surface area contributed by atoms with Gasteiger partial charge < -0.3 is 9.84 Å². The van der Waals surface area contributed by atoms with Crippen molar-refractivity contribution in [3.05, 3.63) is 63.1 Å². The Hall–Kier alpha value is -1.03. The lowest BCUT2D eigenvalue weighted by molar-refractivity contribution is 0.280. The predicted octanol–water partition coefficient (Wildman–Crippen LogP) is 4.17. The van der Waals surface area contributed by atoms with Crippen molar-refractivity contribution in [2.45, 2.75) is 13.2 Å². The predicted molar refractivity (Wildman–Crippen MR) is 75.8 cm³/mol. The van der Waals surface area contributed by atoms with Crippen LogP contribution >= 0.6 is 27.5 Å². The maximum atomic E-state index is 8.94. The van der Waals surface area contributed by atoms with Gasteiger partial charge in [-0.3, -0.25) is 0 Å². The standard InChI is InChI=1S/C14H12BrClO2/c15-12-4-3-11(14(16)7-12)9-18-13-5-1-10(8-17)2-6-13/h1-7,17H,8-9H2. The number of halogens is 2. The number of aliphatic hydroxyl groups is 1. The fraction of sp³-hybridized carbons (Fsp3) is 0.143. The van der Waals surface area contributed by atoms with Gasteiger partial charge in [0, 0.05) is 15.1 Å². The summed E-state index contributed by atoms with van der Waals surface area (Å²) in [7, 11) is 0. The van der Waals surface area contributed by atoms with Crippen LogP contribution in [0.25, 0.3) is 0 Å². The second-order valence-electron chi connectivity index (χ2n) is 3.83. The van der Waals surface area contributed by atoms with Crippen LogP contribution in [-0.4, -0.2) is 5.11 Å². The topological polar surface area (TPSA) is 29.5 Å². The largest absolute Gasteiger partial charge is 0.489 e. The average molecular weight is 328 g/mol. The van der Waals surface area contributed by atoms with E-state index < -0.39 is 0 Å². The zero-order valence-electron chi connectivity index (χ0n) is 9.57. The number of hydrogen-bond donors (Lipinski definition) is 1. The Bertz CT molecular complexity index is 526. The molecule has 94 valence electrons. The van der Waals surface area contributed by atoms with Gasteiger partial charge in [-0.25, -0.2) is 0 Å². The van der Waals surface area contributed by atoms with Gasteiger partial charge in [0.15, 0.2) is 0 Å². The maximum Gasteiger partial charge on any atom is 0.119 e. The SMILES string of the molecule is OCc1ccc(OCc2ccc(Br)cc2Cl)cc1. The minimum Gasteiger partial charge on any atom is -0.489 e. The molecule has 0 fully saturated rings. The van der Waals surface area contributed by atoms with Gasteiger partial charge in [-0.05, 0) is 29.8 Å². The van der Waals surface area contributed by atoms with E-state index in [0.717, 1.165) is 21.3 Å². The van der Waals surface area contributed by atoms with E-state index in [1.54, 1.807) is 0 Å². The molecule has 2 aromatic rings. The first-order valence-electron chi connectivity index (χ1n) is 5.45. The van der Waals surface area contributed by atoms with E-state index in [2.05, 4.69) is 15.9 Å². The second kappa shape index (κ2) is 6.23. The van der Waals surface area contributed by atoms with Crippen molar-refractivity contribution in [2.75, 3.05) is 0 Å². The molecule has 0 saturated carbocycles. The third-order valence-corrected chi connectivity index (χ3v) is 3.36. The highest BCUT2D eigenvalue weighted by molar-refractivity contribution is 9.10. The third-order valence-electron chi connectivity index (χ3n) is 2.52. The summed E-state index contributed by atoms with van der Waals surface area (Å²) in [5.74, 6) is 0.756. The molecule has 0 spiro atoms. The molecular formula is C14H12BrClO2. The molecule has 0 aliphatic heterocycles. The Morgan fingerprint density at radius 3 is 2.44 bits per heavy atom. The molecule has 1 N–H and O–H groups in total. The Morgan fingerprint density at radius 1 is 1.11 bits per heavy atom. The van der Waals surface area contributed by atoms with Gasteiger partial charge in [0.25, 0.3) is 0 Å². The number of benzene rings is 2. The molecule has 4 heteroatoms. The minimum atomic E-state index is 0.0405. The van der Waals surface area contributed by atoms with Gasteiger partial charge in [0.1, 0.15) is 12.4 Å². The van der Waals surface area contributed by atoms with E-state index in [9.17, 15) is 0 Å². The maximum absolute atomic E-state index is 8.94. The number of hydrogen-bond acceptors (Lipinski definition) is 2. The summed E-state index contributed by atoms with van der Waals surface area (Å²) < 4.78 is 6.58. The smallest absolute Gasteiger partial charge is 0.119 e. The first-order chi connectivity index (χ1) is 8.69. The van der Waals surface area contributed by atoms with Gasteiger partial charge in [-0.2, -0.15) is 0 Å². The Balaban J connectivity index is 2.02. The molecule has 0 unspecified atom stereocenters. The van der Waals surface area contributed by atoms with Crippen molar-refractivity contribution in [1.82, 2.24) is 0 Å². The molecule has 0 atom stereocenters. The molecule has 18 heavy (non-hydrogen) atoms. The number of aliphatic hydroxyl groups excluding tert-OH is 1. The summed E-state index contributed by atoms with van der Waals surface area (Å²) in [5, 5.41) is 9.61. The van der Waals surface area contributed by atoms with Gasteiger partial charge in [-0.1, -0.05) is 45.7 Å². The highest BCUT2D eigenvalue weighted by Gasteiger charge is 2.02. The van der Waals surface area contributed by atoms with E-state index in [4.69, 9.17) is 21.4 Å². The molecule has 0 aliphatic rings. The molecule has 0 aromatic heterocycles. The van der Waals surface area contributed by atoms with Crippen molar-refractivity contribution in [3.8, 4) is 5.75 Å². The summed E-state index contributed by atoms with van der Waals surface area (Å²) in [6, 6.07) is 13.0. The monoisotopic (exact) mass is 326 g/mol. The van der Waals surface area contributed by atoms with Crippen LogP contribution in [0.1, 0.15) is 11.1 Å². The number of ether oxygens (including phenoxy) is 1. The lowest BCUT2D eigenvalue weighted by Crippen LogP contribution is -1.96. The van der Waals surface area contributed by atoms with Crippen LogP contribution in [0.4, 0.5) is 0 Å². The lowest BCUT2D eigenvalue weighted by Gasteiger charge is -2.08. The first kappa shape index (κ1) is 13.4. The van der Waals surface area contributed by atoms with Crippen molar-refractivity contribution in [1.29, 1.82) is 0 Å². The molecule has 0 saturated heterocycles. The molecule has 0 amide bonds. The van der Waals surface area contributed by atoms with Crippen molar-refractivity contribution in [3.63, 3.8) is 0 Å². The summed E-state index contributed by atoms with van der Waals surface area (Å²) in [6.45, 7) is 0.462. The van der Waals surface area contributed by atoms with Crippen LogP contribution in [0.3, 0.4) is 0 Å². The van der Waals surface area contributed by atoms with E-state index in [1.165, 1.54) is 0 Å². The Kier molecular flexibility index (Phi) is 4.64. The summed E-state index contributed by atoms with van der Waals surface area (Å²) >= 11 is 9.46.